The predicted octanol–water partition coefficient (Wildman–Crippen LogP) is 1.63. The molecular weight excluding hydrogens is 268 g/mol. The van der Waals surface area contributed by atoms with Gasteiger partial charge in [0.25, 0.3) is 0 Å². The highest BCUT2D eigenvalue weighted by Crippen LogP contribution is 2.29. The van der Waals surface area contributed by atoms with Gasteiger partial charge in [-0.25, -0.2) is 4.98 Å². The molecule has 2 rings (SSSR count). The molecular formula is C11H14N4OS2. The van der Waals surface area contributed by atoms with E-state index in [1.54, 1.807) is 0 Å². The van der Waals surface area contributed by atoms with E-state index in [9.17, 15) is 5.26 Å². The van der Waals surface area contributed by atoms with Crippen molar-refractivity contribution in [1.82, 2.24) is 9.97 Å². The minimum atomic E-state index is 0.366. The van der Waals surface area contributed by atoms with Gasteiger partial charge in [0.15, 0.2) is 16.5 Å². The van der Waals surface area contributed by atoms with Crippen molar-refractivity contribution in [1.29, 1.82) is 5.26 Å². The van der Waals surface area contributed by atoms with Crippen LogP contribution in [0.15, 0.2) is 5.16 Å². The topological polar surface area (TPSA) is 62.0 Å². The molecule has 1 fully saturated rings. The van der Waals surface area contributed by atoms with Crippen LogP contribution in [0.2, 0.25) is 0 Å². The van der Waals surface area contributed by atoms with E-state index in [1.807, 2.05) is 18.0 Å². The van der Waals surface area contributed by atoms with Crippen LogP contribution in [0.3, 0.4) is 0 Å². The van der Waals surface area contributed by atoms with E-state index in [0.717, 1.165) is 24.6 Å². The number of nitrogens with zero attached hydrogens (tertiary/aromatic N) is 4. The van der Waals surface area contributed by atoms with Crippen molar-refractivity contribution in [3.8, 4) is 11.9 Å². The molecule has 18 heavy (non-hydrogen) atoms. The Morgan fingerprint density at radius 1 is 1.39 bits per heavy atom. The standard InChI is InChI=1S/C11H14N4OS2/c1-16-10-8(7-12)9(13-11(14-10)17-2)15-3-5-18-6-4-15/h3-6H2,1-2H3. The highest BCUT2D eigenvalue weighted by atomic mass is 32.2. The molecule has 5 nitrogen and oxygen atoms in total. The molecule has 0 radical (unpaired) electrons. The molecule has 96 valence electrons. The number of rotatable bonds is 3. The van der Waals surface area contributed by atoms with E-state index in [1.165, 1.54) is 18.9 Å². The molecule has 0 aliphatic carbocycles. The second-order valence-corrected chi connectivity index (χ2v) is 5.63. The summed E-state index contributed by atoms with van der Waals surface area (Å²) in [6.07, 6.45) is 1.91. The first-order valence-electron chi connectivity index (χ1n) is 5.53. The van der Waals surface area contributed by atoms with Gasteiger partial charge in [0.1, 0.15) is 6.07 Å². The van der Waals surface area contributed by atoms with Gasteiger partial charge in [0.2, 0.25) is 5.88 Å². The van der Waals surface area contributed by atoms with Crippen LogP contribution in [0.1, 0.15) is 5.56 Å². The first-order valence-corrected chi connectivity index (χ1v) is 7.91. The fourth-order valence-electron chi connectivity index (χ4n) is 1.75. The molecule has 0 saturated carbocycles. The number of thioether (sulfide) groups is 2. The van der Waals surface area contributed by atoms with E-state index in [0.29, 0.717) is 22.4 Å². The quantitative estimate of drug-likeness (QED) is 0.616. The first-order chi connectivity index (χ1) is 8.80. The van der Waals surface area contributed by atoms with Crippen LogP contribution in [-0.2, 0) is 0 Å². The Balaban J connectivity index is 2.45. The van der Waals surface area contributed by atoms with Crippen LogP contribution in [-0.4, -0.2) is 47.9 Å². The van der Waals surface area contributed by atoms with Crippen LogP contribution in [0.5, 0.6) is 5.88 Å². The molecule has 1 aromatic heterocycles. The maximum Gasteiger partial charge on any atom is 0.237 e. The van der Waals surface area contributed by atoms with Gasteiger partial charge >= 0.3 is 0 Å². The minimum absolute atomic E-state index is 0.366. The lowest BCUT2D eigenvalue weighted by Gasteiger charge is -2.28. The van der Waals surface area contributed by atoms with Gasteiger partial charge in [-0.1, -0.05) is 11.8 Å². The van der Waals surface area contributed by atoms with E-state index >= 15 is 0 Å². The fourth-order valence-corrected chi connectivity index (χ4v) is 3.01. The van der Waals surface area contributed by atoms with Gasteiger partial charge < -0.3 is 9.64 Å². The summed E-state index contributed by atoms with van der Waals surface area (Å²) in [4.78, 5) is 10.8. The van der Waals surface area contributed by atoms with Gasteiger partial charge in [-0.05, 0) is 6.26 Å². The number of hydrogen-bond acceptors (Lipinski definition) is 7. The lowest BCUT2D eigenvalue weighted by molar-refractivity contribution is 0.391. The molecule has 0 spiro atoms. The molecule has 0 unspecified atom stereocenters. The Hall–Kier alpha value is -1.13. The summed E-state index contributed by atoms with van der Waals surface area (Å²) in [6.45, 7) is 1.82. The maximum absolute atomic E-state index is 9.28. The van der Waals surface area contributed by atoms with Crippen molar-refractivity contribution >= 4 is 29.3 Å². The normalized spacial score (nSPS) is 15.3. The molecule has 1 aromatic rings. The second-order valence-electron chi connectivity index (χ2n) is 3.63. The molecule has 0 N–H and O–H groups in total. The molecule has 1 aliphatic rings. The third-order valence-corrected chi connectivity index (χ3v) is 4.12. The van der Waals surface area contributed by atoms with E-state index in [4.69, 9.17) is 4.74 Å². The van der Waals surface area contributed by atoms with E-state index in [2.05, 4.69) is 20.9 Å². The number of methoxy groups -OCH3 is 1. The van der Waals surface area contributed by atoms with Crippen molar-refractivity contribution in [3.63, 3.8) is 0 Å². The van der Waals surface area contributed by atoms with Crippen LogP contribution < -0.4 is 9.64 Å². The van der Waals surface area contributed by atoms with Crippen LogP contribution >= 0.6 is 23.5 Å². The van der Waals surface area contributed by atoms with E-state index in [-0.39, 0.29) is 0 Å². The van der Waals surface area contributed by atoms with Gasteiger partial charge in [-0.2, -0.15) is 22.0 Å². The third kappa shape index (κ3) is 2.65. The zero-order valence-electron chi connectivity index (χ0n) is 10.3. The summed E-state index contributed by atoms with van der Waals surface area (Å²) in [5.74, 6) is 3.19. The second kappa shape index (κ2) is 6.16. The Bertz CT molecular complexity index is 469. The van der Waals surface area contributed by atoms with Crippen molar-refractivity contribution in [2.75, 3.05) is 42.9 Å². The number of ether oxygens (including phenoxy) is 1. The van der Waals surface area contributed by atoms with Gasteiger partial charge in [-0.3, -0.25) is 0 Å². The molecule has 0 amide bonds. The Morgan fingerprint density at radius 3 is 2.67 bits per heavy atom. The number of anilines is 1. The smallest absolute Gasteiger partial charge is 0.237 e. The van der Waals surface area contributed by atoms with Gasteiger partial charge in [0.05, 0.1) is 7.11 Å². The van der Waals surface area contributed by atoms with Crippen molar-refractivity contribution in [2.45, 2.75) is 5.16 Å². The van der Waals surface area contributed by atoms with Crippen LogP contribution in [0, 0.1) is 11.3 Å². The summed E-state index contributed by atoms with van der Waals surface area (Å²) in [5, 5.41) is 9.91. The lowest BCUT2D eigenvalue weighted by Crippen LogP contribution is -2.34. The SMILES string of the molecule is COc1nc(SC)nc(N2CCSCC2)c1C#N. The number of aromatic nitrogens is 2. The van der Waals surface area contributed by atoms with Crippen LogP contribution in [0.25, 0.3) is 0 Å². The third-order valence-electron chi connectivity index (χ3n) is 2.63. The van der Waals surface area contributed by atoms with Gasteiger partial charge in [0, 0.05) is 24.6 Å². The average molecular weight is 282 g/mol. The van der Waals surface area contributed by atoms with Crippen molar-refractivity contribution < 1.29 is 4.74 Å². The fraction of sp³-hybridized carbons (Fsp3) is 0.545. The lowest BCUT2D eigenvalue weighted by atomic mass is 10.3. The molecule has 0 aromatic carbocycles. The minimum Gasteiger partial charge on any atom is -0.480 e. The summed E-state index contributed by atoms with van der Waals surface area (Å²) in [5.41, 5.74) is 0.433. The highest BCUT2D eigenvalue weighted by Gasteiger charge is 2.21. The zero-order chi connectivity index (χ0) is 13.0. The van der Waals surface area contributed by atoms with E-state index < -0.39 is 0 Å². The molecule has 0 bridgehead atoms. The average Bonchev–Trinajstić information content (AvgIpc) is 2.46. The first kappa shape index (κ1) is 13.3. The van der Waals surface area contributed by atoms with Crippen molar-refractivity contribution in [3.05, 3.63) is 5.56 Å². The molecule has 2 heterocycles. The molecule has 1 aliphatic heterocycles. The highest BCUT2D eigenvalue weighted by molar-refractivity contribution is 7.99. The Kier molecular flexibility index (Phi) is 4.55. The Labute approximate surface area is 115 Å². The number of hydrogen-bond donors (Lipinski definition) is 0. The maximum atomic E-state index is 9.28. The van der Waals surface area contributed by atoms with Gasteiger partial charge in [-0.15, -0.1) is 0 Å². The monoisotopic (exact) mass is 282 g/mol. The summed E-state index contributed by atoms with van der Waals surface area (Å²) in [7, 11) is 1.53. The predicted molar refractivity (Wildman–Crippen MR) is 74.6 cm³/mol. The van der Waals surface area contributed by atoms with Crippen LogP contribution in [0.4, 0.5) is 5.82 Å². The zero-order valence-corrected chi connectivity index (χ0v) is 12.0. The molecule has 1 saturated heterocycles. The molecule has 0 atom stereocenters. The summed E-state index contributed by atoms with van der Waals surface area (Å²) < 4.78 is 5.19. The summed E-state index contributed by atoms with van der Waals surface area (Å²) >= 11 is 3.37. The Morgan fingerprint density at radius 2 is 2.11 bits per heavy atom. The molecule has 7 heteroatoms. The van der Waals surface area contributed by atoms with Crippen molar-refractivity contribution in [2.24, 2.45) is 0 Å². The number of nitriles is 1. The largest absolute Gasteiger partial charge is 0.480 e. The summed E-state index contributed by atoms with van der Waals surface area (Å²) in [6, 6.07) is 2.16.